The Morgan fingerprint density at radius 2 is 2.08 bits per heavy atom. The molecular formula is C10H13ClFN. The van der Waals surface area contributed by atoms with Gasteiger partial charge in [-0.05, 0) is 38.0 Å². The van der Waals surface area contributed by atoms with Crippen LogP contribution in [-0.4, -0.2) is 5.54 Å². The maximum Gasteiger partial charge on any atom is 0.127 e. The minimum atomic E-state index is -0.394. The van der Waals surface area contributed by atoms with Crippen LogP contribution in [0.3, 0.4) is 0 Å². The highest BCUT2D eigenvalue weighted by Crippen LogP contribution is 2.18. The van der Waals surface area contributed by atoms with Gasteiger partial charge in [0.2, 0.25) is 0 Å². The monoisotopic (exact) mass is 201 g/mol. The van der Waals surface area contributed by atoms with Crippen molar-refractivity contribution >= 4 is 11.6 Å². The molecule has 3 heteroatoms. The van der Waals surface area contributed by atoms with Gasteiger partial charge < -0.3 is 5.73 Å². The van der Waals surface area contributed by atoms with Gasteiger partial charge in [0.1, 0.15) is 5.82 Å². The van der Waals surface area contributed by atoms with Crippen molar-refractivity contribution in [2.45, 2.75) is 25.8 Å². The van der Waals surface area contributed by atoms with Gasteiger partial charge in [-0.2, -0.15) is 0 Å². The van der Waals surface area contributed by atoms with Crippen LogP contribution in [0.2, 0.25) is 5.02 Å². The molecule has 0 aliphatic rings. The van der Waals surface area contributed by atoms with E-state index in [1.165, 1.54) is 6.07 Å². The van der Waals surface area contributed by atoms with E-state index in [0.717, 1.165) is 0 Å². The number of hydrogen-bond donors (Lipinski definition) is 1. The molecular weight excluding hydrogens is 189 g/mol. The van der Waals surface area contributed by atoms with Gasteiger partial charge in [0.15, 0.2) is 0 Å². The summed E-state index contributed by atoms with van der Waals surface area (Å²) in [7, 11) is 0. The lowest BCUT2D eigenvalue weighted by atomic mass is 9.96. The van der Waals surface area contributed by atoms with Crippen molar-refractivity contribution < 1.29 is 4.39 Å². The first kappa shape index (κ1) is 10.5. The number of halogens is 2. The first-order valence-corrected chi connectivity index (χ1v) is 4.49. The second kappa shape index (κ2) is 3.64. The highest BCUT2D eigenvalue weighted by Gasteiger charge is 2.14. The predicted octanol–water partition coefficient (Wildman–Crippen LogP) is 2.76. The summed E-state index contributed by atoms with van der Waals surface area (Å²) in [6.07, 6.45) is 0.510. The molecule has 0 fully saturated rings. The number of nitrogens with two attached hydrogens (primary N) is 1. The summed E-state index contributed by atoms with van der Waals surface area (Å²) >= 11 is 5.62. The fourth-order valence-electron chi connectivity index (χ4n) is 1.16. The molecule has 0 spiro atoms. The Labute approximate surface area is 82.7 Å². The van der Waals surface area contributed by atoms with Crippen LogP contribution in [0.15, 0.2) is 18.2 Å². The Morgan fingerprint density at radius 1 is 1.46 bits per heavy atom. The van der Waals surface area contributed by atoms with E-state index in [9.17, 15) is 4.39 Å². The molecule has 13 heavy (non-hydrogen) atoms. The van der Waals surface area contributed by atoms with Gasteiger partial charge >= 0.3 is 0 Å². The molecule has 0 aliphatic carbocycles. The molecule has 1 aromatic carbocycles. The van der Waals surface area contributed by atoms with Gasteiger partial charge in [0.05, 0.1) is 0 Å². The van der Waals surface area contributed by atoms with Gasteiger partial charge in [-0.3, -0.25) is 0 Å². The van der Waals surface area contributed by atoms with E-state index in [4.69, 9.17) is 17.3 Å². The SMILES string of the molecule is CC(C)(N)Cc1ccc(Cl)cc1F. The number of hydrogen-bond acceptors (Lipinski definition) is 1. The van der Waals surface area contributed by atoms with E-state index in [0.29, 0.717) is 17.0 Å². The van der Waals surface area contributed by atoms with Crippen LogP contribution in [0.25, 0.3) is 0 Å². The molecule has 0 atom stereocenters. The fourth-order valence-corrected chi connectivity index (χ4v) is 1.31. The van der Waals surface area contributed by atoms with E-state index >= 15 is 0 Å². The summed E-state index contributed by atoms with van der Waals surface area (Å²) in [5, 5.41) is 0.413. The van der Waals surface area contributed by atoms with Crippen LogP contribution < -0.4 is 5.73 Å². The van der Waals surface area contributed by atoms with Crippen molar-refractivity contribution in [2.24, 2.45) is 5.73 Å². The Balaban J connectivity index is 2.90. The molecule has 0 aromatic heterocycles. The quantitative estimate of drug-likeness (QED) is 0.783. The highest BCUT2D eigenvalue weighted by atomic mass is 35.5. The van der Waals surface area contributed by atoms with E-state index < -0.39 is 5.54 Å². The fraction of sp³-hybridized carbons (Fsp3) is 0.400. The largest absolute Gasteiger partial charge is 0.325 e. The topological polar surface area (TPSA) is 26.0 Å². The molecule has 0 heterocycles. The number of rotatable bonds is 2. The van der Waals surface area contributed by atoms with Crippen LogP contribution in [-0.2, 0) is 6.42 Å². The van der Waals surface area contributed by atoms with E-state index in [1.54, 1.807) is 12.1 Å². The molecule has 0 saturated carbocycles. The highest BCUT2D eigenvalue weighted by molar-refractivity contribution is 6.30. The lowest BCUT2D eigenvalue weighted by Gasteiger charge is -2.18. The predicted molar refractivity (Wildman–Crippen MR) is 53.4 cm³/mol. The summed E-state index contributed by atoms with van der Waals surface area (Å²) < 4.78 is 13.2. The zero-order chi connectivity index (χ0) is 10.1. The second-order valence-corrected chi connectivity index (χ2v) is 4.34. The Kier molecular flexibility index (Phi) is 2.94. The van der Waals surface area contributed by atoms with Crippen LogP contribution in [0.5, 0.6) is 0 Å². The van der Waals surface area contributed by atoms with Crippen molar-refractivity contribution in [3.05, 3.63) is 34.6 Å². The van der Waals surface area contributed by atoms with Crippen molar-refractivity contribution in [1.29, 1.82) is 0 Å². The molecule has 0 amide bonds. The third kappa shape index (κ3) is 3.33. The van der Waals surface area contributed by atoms with Crippen molar-refractivity contribution in [2.75, 3.05) is 0 Å². The normalized spacial score (nSPS) is 11.8. The molecule has 1 rings (SSSR count). The van der Waals surface area contributed by atoms with Gasteiger partial charge in [0.25, 0.3) is 0 Å². The molecule has 0 saturated heterocycles. The summed E-state index contributed by atoms with van der Waals surface area (Å²) in [4.78, 5) is 0. The maximum atomic E-state index is 13.2. The summed E-state index contributed by atoms with van der Waals surface area (Å²) in [5.74, 6) is -0.286. The molecule has 0 bridgehead atoms. The lowest BCUT2D eigenvalue weighted by Crippen LogP contribution is -2.34. The van der Waals surface area contributed by atoms with E-state index in [1.807, 2.05) is 13.8 Å². The van der Waals surface area contributed by atoms with Crippen LogP contribution in [0, 0.1) is 5.82 Å². The third-order valence-corrected chi connectivity index (χ3v) is 1.90. The van der Waals surface area contributed by atoms with Crippen LogP contribution >= 0.6 is 11.6 Å². The first-order valence-electron chi connectivity index (χ1n) is 4.11. The average Bonchev–Trinajstić information content (AvgIpc) is 1.93. The molecule has 1 aromatic rings. The van der Waals surface area contributed by atoms with Gasteiger partial charge in [0, 0.05) is 10.6 Å². The molecule has 0 aliphatic heterocycles. The zero-order valence-corrected chi connectivity index (χ0v) is 8.53. The first-order chi connectivity index (χ1) is 5.88. The van der Waals surface area contributed by atoms with Crippen molar-refractivity contribution in [1.82, 2.24) is 0 Å². The molecule has 0 radical (unpaired) electrons. The Hall–Kier alpha value is -0.600. The lowest BCUT2D eigenvalue weighted by molar-refractivity contribution is 0.497. The minimum absolute atomic E-state index is 0.286. The Bertz CT molecular complexity index is 304. The molecule has 72 valence electrons. The van der Waals surface area contributed by atoms with Gasteiger partial charge in [-0.1, -0.05) is 17.7 Å². The molecule has 1 nitrogen and oxygen atoms in total. The van der Waals surface area contributed by atoms with Crippen molar-refractivity contribution in [3.8, 4) is 0 Å². The van der Waals surface area contributed by atoms with E-state index in [2.05, 4.69) is 0 Å². The van der Waals surface area contributed by atoms with Gasteiger partial charge in [-0.25, -0.2) is 4.39 Å². The standard InChI is InChI=1S/C10H13ClFN/c1-10(2,13)6-7-3-4-8(11)5-9(7)12/h3-5H,6,13H2,1-2H3. The molecule has 0 unspecified atom stereocenters. The minimum Gasteiger partial charge on any atom is -0.325 e. The number of benzene rings is 1. The summed E-state index contributed by atoms with van der Waals surface area (Å²) in [6, 6.07) is 4.65. The smallest absolute Gasteiger partial charge is 0.127 e. The summed E-state index contributed by atoms with van der Waals surface area (Å²) in [5.41, 5.74) is 5.99. The summed E-state index contributed by atoms with van der Waals surface area (Å²) in [6.45, 7) is 3.72. The third-order valence-electron chi connectivity index (χ3n) is 1.66. The Morgan fingerprint density at radius 3 is 2.54 bits per heavy atom. The van der Waals surface area contributed by atoms with Gasteiger partial charge in [-0.15, -0.1) is 0 Å². The average molecular weight is 202 g/mol. The second-order valence-electron chi connectivity index (χ2n) is 3.90. The van der Waals surface area contributed by atoms with E-state index in [-0.39, 0.29) is 5.82 Å². The zero-order valence-electron chi connectivity index (χ0n) is 7.77. The van der Waals surface area contributed by atoms with Crippen LogP contribution in [0.4, 0.5) is 4.39 Å². The molecule has 2 N–H and O–H groups in total. The maximum absolute atomic E-state index is 13.2. The van der Waals surface area contributed by atoms with Crippen molar-refractivity contribution in [3.63, 3.8) is 0 Å². The van der Waals surface area contributed by atoms with Crippen LogP contribution in [0.1, 0.15) is 19.4 Å².